The van der Waals surface area contributed by atoms with Crippen molar-refractivity contribution in [2.45, 2.75) is 116 Å². The van der Waals surface area contributed by atoms with Gasteiger partial charge in [-0.3, -0.25) is 14.4 Å². The monoisotopic (exact) mass is 615 g/mol. The number of thioether (sulfide) groups is 1. The Morgan fingerprint density at radius 2 is 1.48 bits per heavy atom. The SMILES string of the molecule is CCCCCCCCCC/C=C/CSC[C@H](NC(=O)CCC(NC(=O)OC(C)(C)C)C(=O)OC)C(=O)NCC(=O)OC. The first kappa shape index (κ1) is 39.2. The van der Waals surface area contributed by atoms with Crippen LogP contribution in [0.25, 0.3) is 0 Å². The van der Waals surface area contributed by atoms with Crippen LogP contribution in [0.4, 0.5) is 4.79 Å². The minimum atomic E-state index is -1.11. The van der Waals surface area contributed by atoms with Gasteiger partial charge in [0.05, 0.1) is 14.2 Å². The summed E-state index contributed by atoms with van der Waals surface area (Å²) in [5, 5.41) is 7.55. The molecule has 0 aromatic carbocycles. The van der Waals surface area contributed by atoms with E-state index < -0.39 is 47.5 Å². The molecule has 242 valence electrons. The fourth-order valence-electron chi connectivity index (χ4n) is 3.76. The molecular formula is C30H53N3O8S. The standard InChI is InChI=1S/C30H53N3O8S/c1-7-8-9-10-11-12-13-14-15-16-17-20-42-22-24(27(36)31-21-26(35)39-5)32-25(34)19-18-23(28(37)40-6)33-29(38)41-30(2,3)4/h16-17,23-24H,7-15,18-22H2,1-6H3,(H,31,36)(H,32,34)(H,33,38)/b17-16+/t23?,24-/m0/s1. The zero-order valence-corrected chi connectivity index (χ0v) is 27.2. The van der Waals surface area contributed by atoms with Crippen molar-refractivity contribution in [2.75, 3.05) is 32.3 Å². The van der Waals surface area contributed by atoms with Crippen molar-refractivity contribution in [3.05, 3.63) is 12.2 Å². The van der Waals surface area contributed by atoms with Crippen LogP contribution in [0.5, 0.6) is 0 Å². The summed E-state index contributed by atoms with van der Waals surface area (Å²) in [4.78, 5) is 61.1. The fourth-order valence-corrected chi connectivity index (χ4v) is 4.64. The Morgan fingerprint density at radius 3 is 2.07 bits per heavy atom. The van der Waals surface area contributed by atoms with Gasteiger partial charge in [-0.1, -0.05) is 64.0 Å². The minimum absolute atomic E-state index is 0.0666. The van der Waals surface area contributed by atoms with Gasteiger partial charge in [0.25, 0.3) is 0 Å². The summed E-state index contributed by atoms with van der Waals surface area (Å²) in [5.74, 6) is -1.43. The molecule has 0 saturated heterocycles. The lowest BCUT2D eigenvalue weighted by molar-refractivity contribution is -0.143. The number of nitrogens with one attached hydrogen (secondary N) is 3. The van der Waals surface area contributed by atoms with Crippen molar-refractivity contribution in [1.82, 2.24) is 16.0 Å². The Balaban J connectivity index is 4.80. The molecule has 12 heteroatoms. The number of carbonyl (C=O) groups excluding carboxylic acids is 5. The van der Waals surface area contributed by atoms with Crippen LogP contribution in [-0.2, 0) is 33.4 Å². The maximum atomic E-state index is 12.7. The zero-order valence-electron chi connectivity index (χ0n) is 26.4. The molecule has 3 amide bonds. The molecule has 42 heavy (non-hydrogen) atoms. The predicted molar refractivity (Wildman–Crippen MR) is 165 cm³/mol. The van der Waals surface area contributed by atoms with Crippen molar-refractivity contribution >= 4 is 41.6 Å². The Hall–Kier alpha value is -2.76. The maximum absolute atomic E-state index is 12.7. The number of amides is 3. The number of alkyl carbamates (subject to hydrolysis) is 1. The van der Waals surface area contributed by atoms with Gasteiger partial charge in [0.1, 0.15) is 24.2 Å². The molecule has 0 fully saturated rings. The Kier molecular flexibility index (Phi) is 22.2. The minimum Gasteiger partial charge on any atom is -0.468 e. The van der Waals surface area contributed by atoms with E-state index in [2.05, 4.69) is 39.8 Å². The van der Waals surface area contributed by atoms with E-state index in [1.54, 1.807) is 20.8 Å². The van der Waals surface area contributed by atoms with E-state index in [0.717, 1.165) is 12.8 Å². The molecule has 0 radical (unpaired) electrons. The maximum Gasteiger partial charge on any atom is 0.408 e. The van der Waals surface area contributed by atoms with E-state index >= 15 is 0 Å². The average molecular weight is 616 g/mol. The van der Waals surface area contributed by atoms with Crippen molar-refractivity contribution in [3.63, 3.8) is 0 Å². The topological polar surface area (TPSA) is 149 Å². The van der Waals surface area contributed by atoms with Crippen LogP contribution in [0.2, 0.25) is 0 Å². The number of ether oxygens (including phenoxy) is 3. The quantitative estimate of drug-likeness (QED) is 0.0696. The zero-order chi connectivity index (χ0) is 31.8. The van der Waals surface area contributed by atoms with Crippen molar-refractivity contribution in [3.8, 4) is 0 Å². The summed E-state index contributed by atoms with van der Waals surface area (Å²) < 4.78 is 14.5. The third-order valence-electron chi connectivity index (χ3n) is 6.01. The first-order chi connectivity index (χ1) is 19.9. The molecule has 1 unspecified atom stereocenters. The molecular weight excluding hydrogens is 562 g/mol. The second-order valence-corrected chi connectivity index (χ2v) is 12.0. The van der Waals surface area contributed by atoms with Gasteiger partial charge < -0.3 is 30.2 Å². The lowest BCUT2D eigenvalue weighted by Crippen LogP contribution is -2.50. The van der Waals surface area contributed by atoms with E-state index in [0.29, 0.717) is 5.75 Å². The molecule has 0 spiro atoms. The van der Waals surface area contributed by atoms with Crippen LogP contribution < -0.4 is 16.0 Å². The van der Waals surface area contributed by atoms with E-state index in [9.17, 15) is 24.0 Å². The Morgan fingerprint density at radius 1 is 0.833 bits per heavy atom. The molecule has 0 aliphatic rings. The predicted octanol–water partition coefficient (Wildman–Crippen LogP) is 4.43. The fraction of sp³-hybridized carbons (Fsp3) is 0.767. The lowest BCUT2D eigenvalue weighted by atomic mass is 10.1. The molecule has 0 aromatic rings. The summed E-state index contributed by atoms with van der Waals surface area (Å²) in [7, 11) is 2.39. The second-order valence-electron chi connectivity index (χ2n) is 10.9. The number of unbranched alkanes of at least 4 members (excludes halogenated alkanes) is 8. The number of methoxy groups -OCH3 is 2. The van der Waals surface area contributed by atoms with E-state index in [1.807, 2.05) is 0 Å². The summed E-state index contributed by atoms with van der Waals surface area (Å²) in [5.41, 5.74) is -0.771. The van der Waals surface area contributed by atoms with Gasteiger partial charge in [-0.15, -0.1) is 0 Å². The highest BCUT2D eigenvalue weighted by atomic mass is 32.2. The highest BCUT2D eigenvalue weighted by Crippen LogP contribution is 2.11. The van der Waals surface area contributed by atoms with Crippen molar-refractivity contribution in [2.24, 2.45) is 0 Å². The van der Waals surface area contributed by atoms with Crippen LogP contribution in [0.15, 0.2) is 12.2 Å². The van der Waals surface area contributed by atoms with Gasteiger partial charge >= 0.3 is 18.0 Å². The smallest absolute Gasteiger partial charge is 0.408 e. The molecule has 0 aromatic heterocycles. The van der Waals surface area contributed by atoms with Gasteiger partial charge in [0.2, 0.25) is 11.8 Å². The molecule has 11 nitrogen and oxygen atoms in total. The molecule has 0 bridgehead atoms. The molecule has 0 aliphatic carbocycles. The number of allylic oxidation sites excluding steroid dienone is 1. The third kappa shape index (κ3) is 21.9. The van der Waals surface area contributed by atoms with E-state index in [-0.39, 0.29) is 25.1 Å². The number of rotatable bonds is 22. The number of esters is 2. The first-order valence-corrected chi connectivity index (χ1v) is 16.0. The lowest BCUT2D eigenvalue weighted by Gasteiger charge is -2.23. The number of hydrogen-bond acceptors (Lipinski definition) is 9. The first-order valence-electron chi connectivity index (χ1n) is 14.9. The summed E-state index contributed by atoms with van der Waals surface area (Å²) in [6, 6.07) is -2.02. The van der Waals surface area contributed by atoms with Crippen molar-refractivity contribution in [1.29, 1.82) is 0 Å². The Labute approximate surface area is 256 Å². The molecule has 0 rings (SSSR count). The van der Waals surface area contributed by atoms with E-state index in [4.69, 9.17) is 9.47 Å². The Bertz CT molecular complexity index is 845. The largest absolute Gasteiger partial charge is 0.468 e. The molecule has 2 atom stereocenters. The number of carbonyl (C=O) groups is 5. The summed E-state index contributed by atoms with van der Waals surface area (Å²) in [6.07, 6.45) is 14.3. The summed E-state index contributed by atoms with van der Waals surface area (Å²) in [6.45, 7) is 6.95. The van der Waals surface area contributed by atoms with Gasteiger partial charge in [-0.2, -0.15) is 11.8 Å². The normalized spacial score (nSPS) is 12.7. The van der Waals surface area contributed by atoms with Crippen LogP contribution in [-0.4, -0.2) is 79.8 Å². The number of hydrogen-bond donors (Lipinski definition) is 3. The van der Waals surface area contributed by atoms with Gasteiger partial charge in [-0.25, -0.2) is 9.59 Å². The van der Waals surface area contributed by atoms with Crippen molar-refractivity contribution < 1.29 is 38.2 Å². The highest BCUT2D eigenvalue weighted by molar-refractivity contribution is 7.99. The van der Waals surface area contributed by atoms with Crippen LogP contribution in [0.3, 0.4) is 0 Å². The summed E-state index contributed by atoms with van der Waals surface area (Å²) >= 11 is 1.47. The van der Waals surface area contributed by atoms with Gasteiger partial charge in [0.15, 0.2) is 0 Å². The molecule has 0 aliphatic heterocycles. The van der Waals surface area contributed by atoms with Crippen LogP contribution >= 0.6 is 11.8 Å². The molecule has 0 saturated carbocycles. The average Bonchev–Trinajstić information content (AvgIpc) is 2.93. The second kappa shape index (κ2) is 23.8. The molecule has 0 heterocycles. The molecule has 3 N–H and O–H groups in total. The highest BCUT2D eigenvalue weighted by Gasteiger charge is 2.27. The van der Waals surface area contributed by atoms with Crippen LogP contribution in [0.1, 0.15) is 98.3 Å². The van der Waals surface area contributed by atoms with Gasteiger partial charge in [-0.05, 0) is 40.0 Å². The van der Waals surface area contributed by atoms with Crippen LogP contribution in [0, 0.1) is 0 Å². The van der Waals surface area contributed by atoms with E-state index in [1.165, 1.54) is 70.9 Å². The van der Waals surface area contributed by atoms with Gasteiger partial charge in [0, 0.05) is 17.9 Å². The third-order valence-corrected chi connectivity index (χ3v) is 7.01.